The number of carbonyl (C=O) groups is 1. The molecule has 0 radical (unpaired) electrons. The summed E-state index contributed by atoms with van der Waals surface area (Å²) in [6, 6.07) is 0. The van der Waals surface area contributed by atoms with Crippen LogP contribution in [-0.4, -0.2) is 50.6 Å². The number of hydrogen-bond acceptors (Lipinski definition) is 4. The Morgan fingerprint density at radius 2 is 1.86 bits per heavy atom. The van der Waals surface area contributed by atoms with Crippen LogP contribution in [0, 0.1) is 0 Å². The Hall–Kier alpha value is -0.720. The molecule has 0 rings (SSSR count). The van der Waals surface area contributed by atoms with Crippen molar-refractivity contribution in [1.29, 1.82) is 0 Å². The first-order valence-corrected chi connectivity index (χ1v) is 8.26. The molecule has 138 valence electrons. The van der Waals surface area contributed by atoms with Crippen molar-refractivity contribution in [1.82, 2.24) is 5.32 Å². The van der Waals surface area contributed by atoms with E-state index in [0.29, 0.717) is 39.2 Å². The second-order valence-electron chi connectivity index (χ2n) is 5.19. The predicted octanol–water partition coefficient (Wildman–Crippen LogP) is 2.92. The van der Waals surface area contributed by atoms with E-state index in [1.54, 1.807) is 20.8 Å². The van der Waals surface area contributed by atoms with Crippen molar-refractivity contribution < 1.29 is 21.5 Å². The SMILES string of the molecule is CC.CCC(=O)NCC(F)C(C)(C)OCCCOCCCN.[HH].[HH]. The van der Waals surface area contributed by atoms with Crippen molar-refractivity contribution in [3.8, 4) is 0 Å². The lowest BCUT2D eigenvalue weighted by molar-refractivity contribution is -0.122. The molecular weight excluding hydrogens is 287 g/mol. The molecule has 0 spiro atoms. The molecule has 0 fully saturated rings. The molecule has 0 aromatic rings. The maximum Gasteiger partial charge on any atom is 0.219 e. The molecule has 6 heteroatoms. The minimum atomic E-state index is -1.24. The average Bonchev–Trinajstić information content (AvgIpc) is 2.53. The van der Waals surface area contributed by atoms with E-state index in [0.717, 1.165) is 6.42 Å². The zero-order chi connectivity index (χ0) is 17.4. The molecule has 1 unspecified atom stereocenters. The fraction of sp³-hybridized carbons (Fsp3) is 0.938. The van der Waals surface area contributed by atoms with Gasteiger partial charge in [-0.1, -0.05) is 20.8 Å². The minimum Gasteiger partial charge on any atom is -0.381 e. The summed E-state index contributed by atoms with van der Waals surface area (Å²) in [6.07, 6.45) is 0.669. The largest absolute Gasteiger partial charge is 0.381 e. The summed E-state index contributed by atoms with van der Waals surface area (Å²) in [5, 5.41) is 2.53. The molecule has 22 heavy (non-hydrogen) atoms. The highest BCUT2D eigenvalue weighted by molar-refractivity contribution is 5.75. The highest BCUT2D eigenvalue weighted by Crippen LogP contribution is 2.18. The Labute approximate surface area is 138 Å². The monoisotopic (exact) mass is 326 g/mol. The zero-order valence-electron chi connectivity index (χ0n) is 14.9. The number of halogens is 1. The Bertz CT molecular complexity index is 274. The van der Waals surface area contributed by atoms with Gasteiger partial charge in [0, 0.05) is 29.1 Å². The average molecular weight is 326 g/mol. The van der Waals surface area contributed by atoms with Gasteiger partial charge in [-0.3, -0.25) is 4.79 Å². The van der Waals surface area contributed by atoms with Crippen LogP contribution in [-0.2, 0) is 14.3 Å². The highest BCUT2D eigenvalue weighted by atomic mass is 19.1. The quantitative estimate of drug-likeness (QED) is 0.541. The molecule has 0 bridgehead atoms. The van der Waals surface area contributed by atoms with Crippen molar-refractivity contribution >= 4 is 5.91 Å². The summed E-state index contributed by atoms with van der Waals surface area (Å²) in [7, 11) is 0. The van der Waals surface area contributed by atoms with Crippen LogP contribution in [0.3, 0.4) is 0 Å². The van der Waals surface area contributed by atoms with E-state index in [1.165, 1.54) is 0 Å². The third-order valence-corrected chi connectivity index (χ3v) is 2.95. The van der Waals surface area contributed by atoms with Gasteiger partial charge in [0.15, 0.2) is 0 Å². The van der Waals surface area contributed by atoms with E-state index < -0.39 is 11.8 Å². The summed E-state index contributed by atoms with van der Waals surface area (Å²) < 4.78 is 24.8. The van der Waals surface area contributed by atoms with Gasteiger partial charge in [0.1, 0.15) is 6.17 Å². The van der Waals surface area contributed by atoms with Crippen LogP contribution in [0.15, 0.2) is 0 Å². The molecule has 0 saturated carbocycles. The van der Waals surface area contributed by atoms with Gasteiger partial charge in [0.25, 0.3) is 0 Å². The van der Waals surface area contributed by atoms with E-state index >= 15 is 0 Å². The summed E-state index contributed by atoms with van der Waals surface area (Å²) in [5.74, 6) is -0.156. The highest BCUT2D eigenvalue weighted by Gasteiger charge is 2.30. The Balaban J connectivity index is -0.000000480. The van der Waals surface area contributed by atoms with Crippen molar-refractivity contribution in [2.24, 2.45) is 5.73 Å². The maximum absolute atomic E-state index is 14.0. The van der Waals surface area contributed by atoms with E-state index in [9.17, 15) is 9.18 Å². The second kappa shape index (κ2) is 15.2. The third kappa shape index (κ3) is 13.0. The van der Waals surface area contributed by atoms with Gasteiger partial charge in [0.2, 0.25) is 5.91 Å². The zero-order valence-corrected chi connectivity index (χ0v) is 14.9. The summed E-state index contributed by atoms with van der Waals surface area (Å²) in [4.78, 5) is 11.1. The number of ether oxygens (including phenoxy) is 2. The van der Waals surface area contributed by atoms with Gasteiger partial charge < -0.3 is 20.5 Å². The molecule has 0 heterocycles. The number of hydrogen-bond donors (Lipinski definition) is 2. The Morgan fingerprint density at radius 1 is 1.27 bits per heavy atom. The first-order valence-electron chi connectivity index (χ1n) is 8.26. The van der Waals surface area contributed by atoms with Crippen LogP contribution < -0.4 is 11.1 Å². The number of rotatable bonds is 12. The van der Waals surface area contributed by atoms with E-state index in [-0.39, 0.29) is 15.3 Å². The summed E-state index contributed by atoms with van der Waals surface area (Å²) in [6.45, 7) is 11.4. The van der Waals surface area contributed by atoms with E-state index in [4.69, 9.17) is 15.2 Å². The fourth-order valence-corrected chi connectivity index (χ4v) is 1.45. The van der Waals surface area contributed by atoms with Gasteiger partial charge >= 0.3 is 0 Å². The second-order valence-corrected chi connectivity index (χ2v) is 5.19. The summed E-state index contributed by atoms with van der Waals surface area (Å²) in [5.41, 5.74) is 4.42. The van der Waals surface area contributed by atoms with Crippen LogP contribution in [0.2, 0.25) is 0 Å². The smallest absolute Gasteiger partial charge is 0.219 e. The normalized spacial score (nSPS) is 12.3. The minimum absolute atomic E-state index is 0. The van der Waals surface area contributed by atoms with Gasteiger partial charge in [0.05, 0.1) is 12.1 Å². The molecule has 3 N–H and O–H groups in total. The molecular formula is C16H39FN2O3. The van der Waals surface area contributed by atoms with E-state index in [2.05, 4.69) is 5.32 Å². The van der Waals surface area contributed by atoms with Crippen LogP contribution >= 0.6 is 0 Å². The number of alkyl halides is 1. The van der Waals surface area contributed by atoms with Crippen LogP contribution in [0.25, 0.3) is 0 Å². The third-order valence-electron chi connectivity index (χ3n) is 2.95. The van der Waals surface area contributed by atoms with Crippen LogP contribution in [0.4, 0.5) is 4.39 Å². The standard InChI is InChI=1S/C14H29FN2O3.C2H6.2H2/c1-4-13(18)17-11-12(15)14(2,3)20-10-6-9-19-8-5-7-16;1-2;;/h12H,4-11,16H2,1-3H3,(H,17,18);1-2H3;2*1H. The van der Waals surface area contributed by atoms with Gasteiger partial charge in [-0.25, -0.2) is 4.39 Å². The topological polar surface area (TPSA) is 73.6 Å². The number of nitrogens with one attached hydrogen (secondary N) is 1. The molecule has 0 aliphatic carbocycles. The summed E-state index contributed by atoms with van der Waals surface area (Å²) >= 11 is 0. The molecule has 1 atom stereocenters. The van der Waals surface area contributed by atoms with Crippen molar-refractivity contribution in [2.45, 2.75) is 65.7 Å². The first kappa shape index (κ1) is 23.5. The van der Waals surface area contributed by atoms with Crippen molar-refractivity contribution in [3.63, 3.8) is 0 Å². The molecule has 0 aromatic heterocycles. The van der Waals surface area contributed by atoms with Crippen LogP contribution in [0.1, 0.15) is 56.7 Å². The fourth-order valence-electron chi connectivity index (χ4n) is 1.45. The molecule has 0 aromatic carbocycles. The number of nitrogens with two attached hydrogens (primary N) is 1. The number of amides is 1. The Kier molecular flexibility index (Phi) is 16.3. The lowest BCUT2D eigenvalue weighted by atomic mass is 10.0. The van der Waals surface area contributed by atoms with Crippen molar-refractivity contribution in [3.05, 3.63) is 0 Å². The first-order chi connectivity index (χ1) is 10.4. The van der Waals surface area contributed by atoms with Gasteiger partial charge in [-0.15, -0.1) is 0 Å². The van der Waals surface area contributed by atoms with Crippen molar-refractivity contribution in [2.75, 3.05) is 32.9 Å². The number of carbonyl (C=O) groups excluding carboxylic acids is 1. The molecule has 0 saturated heterocycles. The lowest BCUT2D eigenvalue weighted by Gasteiger charge is -2.29. The van der Waals surface area contributed by atoms with E-state index in [1.807, 2.05) is 13.8 Å². The predicted molar refractivity (Wildman–Crippen MR) is 92.9 cm³/mol. The molecule has 0 aliphatic rings. The van der Waals surface area contributed by atoms with Gasteiger partial charge in [-0.05, 0) is 33.2 Å². The van der Waals surface area contributed by atoms with Crippen LogP contribution in [0.5, 0.6) is 0 Å². The maximum atomic E-state index is 14.0. The molecule has 5 nitrogen and oxygen atoms in total. The molecule has 1 amide bonds. The Morgan fingerprint density at radius 3 is 2.41 bits per heavy atom. The molecule has 0 aliphatic heterocycles. The van der Waals surface area contributed by atoms with Gasteiger partial charge in [-0.2, -0.15) is 0 Å². The lowest BCUT2D eigenvalue weighted by Crippen LogP contribution is -2.44.